The summed E-state index contributed by atoms with van der Waals surface area (Å²) in [6.45, 7) is 3.35. The van der Waals surface area contributed by atoms with Gasteiger partial charge in [-0.2, -0.15) is 0 Å². The molecule has 0 saturated heterocycles. The van der Waals surface area contributed by atoms with Crippen LogP contribution in [0, 0.1) is 0 Å². The van der Waals surface area contributed by atoms with Gasteiger partial charge in [0.2, 0.25) is 5.91 Å². The fourth-order valence-corrected chi connectivity index (χ4v) is 6.34. The van der Waals surface area contributed by atoms with Gasteiger partial charge in [-0.1, -0.05) is 157 Å². The first kappa shape index (κ1) is 53.5. The SMILES string of the molecule is CC/C=C\C/C=C\C/C=C\C/C=C\C/C=C\CCCC(=O)NCCOP(=O)(O)OCC(O)COC(=O)CCCCCCCCC/C=C\CCCCCCCCC. The number of unbranched alkanes of at least 4 members (excludes halogenated alkanes) is 15. The zero-order chi connectivity index (χ0) is 41.1. The fourth-order valence-electron chi connectivity index (χ4n) is 5.59. The molecule has 3 N–H and O–H groups in total. The first-order chi connectivity index (χ1) is 27.3. The minimum absolute atomic E-state index is 0.0472. The van der Waals surface area contributed by atoms with Crippen LogP contribution in [-0.2, 0) is 27.9 Å². The lowest BCUT2D eigenvalue weighted by molar-refractivity contribution is -0.147. The number of allylic oxidation sites excluding steroid dienone is 12. The molecule has 0 aliphatic rings. The molecule has 10 heteroatoms. The number of phosphoric ester groups is 1. The minimum atomic E-state index is -4.44. The summed E-state index contributed by atoms with van der Waals surface area (Å²) in [4.78, 5) is 33.9. The number of ether oxygens (including phenoxy) is 1. The van der Waals surface area contributed by atoms with Crippen LogP contribution in [0.1, 0.15) is 174 Å². The van der Waals surface area contributed by atoms with E-state index in [9.17, 15) is 24.2 Å². The summed E-state index contributed by atoms with van der Waals surface area (Å²) < 4.78 is 26.8. The van der Waals surface area contributed by atoms with Gasteiger partial charge in [-0.3, -0.25) is 18.6 Å². The maximum atomic E-state index is 12.1. The molecule has 0 radical (unpaired) electrons. The van der Waals surface area contributed by atoms with Gasteiger partial charge in [0.1, 0.15) is 12.7 Å². The number of carbonyl (C=O) groups is 2. The van der Waals surface area contributed by atoms with E-state index >= 15 is 0 Å². The van der Waals surface area contributed by atoms with Crippen molar-refractivity contribution in [2.45, 2.75) is 180 Å². The topological polar surface area (TPSA) is 131 Å². The molecule has 0 saturated carbocycles. The Morgan fingerprint density at radius 3 is 1.59 bits per heavy atom. The molecule has 9 nitrogen and oxygen atoms in total. The van der Waals surface area contributed by atoms with Crippen molar-refractivity contribution in [2.24, 2.45) is 0 Å². The lowest BCUT2D eigenvalue weighted by Gasteiger charge is -2.15. The summed E-state index contributed by atoms with van der Waals surface area (Å²) in [5.41, 5.74) is 0. The Labute approximate surface area is 341 Å². The van der Waals surface area contributed by atoms with Crippen LogP contribution < -0.4 is 5.32 Å². The van der Waals surface area contributed by atoms with Crippen molar-refractivity contribution in [2.75, 3.05) is 26.4 Å². The second kappa shape index (κ2) is 42.1. The molecular weight excluding hydrogens is 725 g/mol. The molecule has 322 valence electrons. The van der Waals surface area contributed by atoms with Gasteiger partial charge >= 0.3 is 13.8 Å². The fraction of sp³-hybridized carbons (Fsp3) is 0.696. The minimum Gasteiger partial charge on any atom is -0.463 e. The van der Waals surface area contributed by atoms with E-state index in [1.165, 1.54) is 70.6 Å². The van der Waals surface area contributed by atoms with Crippen LogP contribution >= 0.6 is 7.82 Å². The van der Waals surface area contributed by atoms with Crippen molar-refractivity contribution < 1.29 is 37.9 Å². The van der Waals surface area contributed by atoms with Gasteiger partial charge < -0.3 is 20.1 Å². The van der Waals surface area contributed by atoms with Crippen LogP contribution in [0.4, 0.5) is 0 Å². The van der Waals surface area contributed by atoms with Crippen LogP contribution in [0.15, 0.2) is 72.9 Å². The number of amides is 1. The van der Waals surface area contributed by atoms with Crippen LogP contribution in [-0.4, -0.2) is 54.3 Å². The number of carbonyl (C=O) groups excluding carboxylic acids is 2. The molecule has 0 aliphatic heterocycles. The molecule has 1 amide bonds. The van der Waals surface area contributed by atoms with E-state index in [4.69, 9.17) is 13.8 Å². The van der Waals surface area contributed by atoms with E-state index in [1.54, 1.807) is 0 Å². The van der Waals surface area contributed by atoms with Gasteiger partial charge in [-0.05, 0) is 77.0 Å². The van der Waals surface area contributed by atoms with Gasteiger partial charge in [0.15, 0.2) is 0 Å². The Morgan fingerprint density at radius 1 is 0.571 bits per heavy atom. The van der Waals surface area contributed by atoms with Crippen molar-refractivity contribution >= 4 is 19.7 Å². The first-order valence-electron chi connectivity index (χ1n) is 21.9. The molecule has 0 aliphatic carbocycles. The van der Waals surface area contributed by atoms with Crippen molar-refractivity contribution in [3.8, 4) is 0 Å². The molecule has 0 fully saturated rings. The van der Waals surface area contributed by atoms with Crippen molar-refractivity contribution in [3.05, 3.63) is 72.9 Å². The van der Waals surface area contributed by atoms with Crippen molar-refractivity contribution in [1.82, 2.24) is 5.32 Å². The van der Waals surface area contributed by atoms with Gasteiger partial charge in [0.05, 0.1) is 13.2 Å². The van der Waals surface area contributed by atoms with Crippen molar-refractivity contribution in [3.63, 3.8) is 0 Å². The lowest BCUT2D eigenvalue weighted by atomic mass is 10.1. The van der Waals surface area contributed by atoms with Crippen LogP contribution in [0.25, 0.3) is 0 Å². The van der Waals surface area contributed by atoms with E-state index < -0.39 is 26.5 Å². The molecule has 0 aromatic carbocycles. The van der Waals surface area contributed by atoms with Crippen LogP contribution in [0.2, 0.25) is 0 Å². The Kier molecular flexibility index (Phi) is 40.2. The van der Waals surface area contributed by atoms with Gasteiger partial charge in [-0.15, -0.1) is 0 Å². The third kappa shape index (κ3) is 42.6. The Morgan fingerprint density at radius 2 is 1.04 bits per heavy atom. The molecule has 0 aromatic rings. The average molecular weight is 806 g/mol. The monoisotopic (exact) mass is 806 g/mol. The normalized spacial score (nSPS) is 14.0. The maximum Gasteiger partial charge on any atom is 0.472 e. The highest BCUT2D eigenvalue weighted by molar-refractivity contribution is 7.47. The van der Waals surface area contributed by atoms with Crippen LogP contribution in [0.5, 0.6) is 0 Å². The highest BCUT2D eigenvalue weighted by Crippen LogP contribution is 2.42. The van der Waals surface area contributed by atoms with E-state index in [0.717, 1.165) is 70.6 Å². The number of hydrogen-bond donors (Lipinski definition) is 3. The molecule has 0 heterocycles. The third-order valence-corrected chi connectivity index (χ3v) is 9.85. The van der Waals surface area contributed by atoms with Gasteiger partial charge in [0, 0.05) is 19.4 Å². The quantitative estimate of drug-likeness (QED) is 0.0241. The largest absolute Gasteiger partial charge is 0.472 e. The van der Waals surface area contributed by atoms with Gasteiger partial charge in [0.25, 0.3) is 0 Å². The predicted octanol–water partition coefficient (Wildman–Crippen LogP) is 12.3. The number of esters is 1. The molecule has 0 spiro atoms. The number of aliphatic hydroxyl groups excluding tert-OH is 1. The molecule has 56 heavy (non-hydrogen) atoms. The zero-order valence-electron chi connectivity index (χ0n) is 35.3. The second-order valence-electron chi connectivity index (χ2n) is 14.3. The van der Waals surface area contributed by atoms with E-state index in [0.29, 0.717) is 12.8 Å². The standard InChI is InChI=1S/C46H80NO8P/c1-3-5-7-9-11-13-15-17-19-21-23-25-27-29-31-33-35-37-39-46(50)53-42-44(48)43-55-56(51,52)54-41-40-47-45(49)38-36-34-32-30-28-26-24-22-20-18-16-14-12-10-8-6-4-2/h6,8,12,14,18-21,24,26,30,32,44,48H,3-5,7,9-11,13,15-17,22-23,25,27-29,31,33-43H2,1-2H3,(H,47,49)(H,51,52)/b8-6-,14-12-,20-18-,21-19-,26-24-,32-30-. The Bertz CT molecular complexity index is 1150. The number of hydrogen-bond acceptors (Lipinski definition) is 7. The number of aliphatic hydroxyl groups is 1. The number of nitrogens with one attached hydrogen (secondary N) is 1. The van der Waals surface area contributed by atoms with E-state index in [2.05, 4.69) is 92.1 Å². The summed E-state index contributed by atoms with van der Waals surface area (Å²) >= 11 is 0. The zero-order valence-corrected chi connectivity index (χ0v) is 36.2. The highest BCUT2D eigenvalue weighted by Gasteiger charge is 2.23. The Balaban J connectivity index is 3.69. The van der Waals surface area contributed by atoms with E-state index in [1.807, 2.05) is 0 Å². The average Bonchev–Trinajstić information content (AvgIpc) is 3.18. The molecule has 2 atom stereocenters. The van der Waals surface area contributed by atoms with Crippen molar-refractivity contribution in [1.29, 1.82) is 0 Å². The highest BCUT2D eigenvalue weighted by atomic mass is 31.2. The molecule has 0 rings (SSSR count). The molecule has 2 unspecified atom stereocenters. The Hall–Kier alpha value is -2.55. The lowest BCUT2D eigenvalue weighted by Crippen LogP contribution is -2.27. The number of rotatable bonds is 40. The molecule has 0 bridgehead atoms. The predicted molar refractivity (Wildman–Crippen MR) is 233 cm³/mol. The smallest absolute Gasteiger partial charge is 0.463 e. The summed E-state index contributed by atoms with van der Waals surface area (Å²) in [6, 6.07) is 0. The summed E-state index contributed by atoms with van der Waals surface area (Å²) in [6.07, 6.45) is 51.2. The number of phosphoric acid groups is 1. The first-order valence-corrected chi connectivity index (χ1v) is 23.4. The second-order valence-corrected chi connectivity index (χ2v) is 15.7. The summed E-state index contributed by atoms with van der Waals surface area (Å²) in [5.74, 6) is -0.584. The van der Waals surface area contributed by atoms with E-state index in [-0.39, 0.29) is 32.1 Å². The molecular formula is C46H80NO8P. The summed E-state index contributed by atoms with van der Waals surface area (Å²) in [5, 5.41) is 12.7. The molecule has 0 aromatic heterocycles. The maximum absolute atomic E-state index is 12.1. The third-order valence-electron chi connectivity index (χ3n) is 8.87. The van der Waals surface area contributed by atoms with Crippen LogP contribution in [0.3, 0.4) is 0 Å². The summed E-state index contributed by atoms with van der Waals surface area (Å²) in [7, 11) is -4.44. The van der Waals surface area contributed by atoms with Gasteiger partial charge in [-0.25, -0.2) is 4.57 Å².